The average Bonchev–Trinajstić information content (AvgIpc) is 2.72. The number of hydrogen-bond acceptors (Lipinski definition) is 5. The molecule has 0 saturated carbocycles. The summed E-state index contributed by atoms with van der Waals surface area (Å²) in [5.41, 5.74) is 0.405. The minimum Gasteiger partial charge on any atom is -0.373 e. The van der Waals surface area contributed by atoms with Crippen molar-refractivity contribution in [1.82, 2.24) is 9.97 Å². The maximum absolute atomic E-state index is 4.69. The van der Waals surface area contributed by atoms with Crippen LogP contribution >= 0.6 is 11.8 Å². The summed E-state index contributed by atoms with van der Waals surface area (Å²) in [7, 11) is 1.91. The second-order valence-electron chi connectivity index (χ2n) is 6.83. The molecule has 2 rings (SSSR count). The monoisotopic (exact) mass is 308 g/mol. The Bertz CT molecular complexity index is 448. The quantitative estimate of drug-likeness (QED) is 0.677. The highest BCUT2D eigenvalue weighted by molar-refractivity contribution is 7.98. The van der Waals surface area contributed by atoms with Crippen molar-refractivity contribution in [3.63, 3.8) is 0 Å². The standard InChI is InChI=1S/C16H28N4S/c1-16(2,3)12-7-6-9-20(10-8-12)14-11-13(17-4)18-15(19-14)21-5/h11-12H,6-10H2,1-5H3,(H,17,18,19). The number of anilines is 2. The highest BCUT2D eigenvalue weighted by atomic mass is 32.2. The molecule has 1 saturated heterocycles. The highest BCUT2D eigenvalue weighted by Crippen LogP contribution is 2.35. The molecule has 0 spiro atoms. The van der Waals surface area contributed by atoms with Gasteiger partial charge < -0.3 is 10.2 Å². The molecule has 4 nitrogen and oxygen atoms in total. The van der Waals surface area contributed by atoms with Crippen LogP contribution in [0.1, 0.15) is 40.0 Å². The van der Waals surface area contributed by atoms with Crippen molar-refractivity contribution >= 4 is 23.4 Å². The Hall–Kier alpha value is -0.970. The fraction of sp³-hybridized carbons (Fsp3) is 0.750. The fourth-order valence-electron chi connectivity index (χ4n) is 2.99. The second kappa shape index (κ2) is 6.86. The van der Waals surface area contributed by atoms with Gasteiger partial charge in [-0.15, -0.1) is 0 Å². The molecule has 1 atom stereocenters. The molecule has 0 aromatic carbocycles. The molecule has 0 bridgehead atoms. The number of aromatic nitrogens is 2. The zero-order valence-corrected chi connectivity index (χ0v) is 14.8. The number of hydrogen-bond donors (Lipinski definition) is 1. The van der Waals surface area contributed by atoms with Crippen LogP contribution < -0.4 is 10.2 Å². The lowest BCUT2D eigenvalue weighted by atomic mass is 9.77. The molecule has 0 aliphatic carbocycles. The summed E-state index contributed by atoms with van der Waals surface area (Å²) in [6.07, 6.45) is 5.84. The van der Waals surface area contributed by atoms with Crippen molar-refractivity contribution in [1.29, 1.82) is 0 Å². The number of thioether (sulfide) groups is 1. The lowest BCUT2D eigenvalue weighted by Gasteiger charge is -2.30. The molecule has 1 unspecified atom stereocenters. The molecule has 2 heterocycles. The molecule has 1 aromatic rings. The van der Waals surface area contributed by atoms with Crippen LogP contribution in [0.15, 0.2) is 11.2 Å². The van der Waals surface area contributed by atoms with Gasteiger partial charge in [0.05, 0.1) is 0 Å². The van der Waals surface area contributed by atoms with E-state index in [4.69, 9.17) is 4.98 Å². The van der Waals surface area contributed by atoms with E-state index >= 15 is 0 Å². The van der Waals surface area contributed by atoms with Gasteiger partial charge in [0.2, 0.25) is 0 Å². The first kappa shape index (κ1) is 16.4. The van der Waals surface area contributed by atoms with Gasteiger partial charge in [-0.3, -0.25) is 0 Å². The Morgan fingerprint density at radius 2 is 2.00 bits per heavy atom. The number of nitrogens with zero attached hydrogens (tertiary/aromatic N) is 3. The lowest BCUT2D eigenvalue weighted by Crippen LogP contribution is -2.27. The van der Waals surface area contributed by atoms with Crippen LogP contribution in [-0.2, 0) is 0 Å². The third-order valence-electron chi connectivity index (χ3n) is 4.41. The minimum atomic E-state index is 0.405. The molecular formula is C16H28N4S. The fourth-order valence-corrected chi connectivity index (χ4v) is 3.36. The lowest BCUT2D eigenvalue weighted by molar-refractivity contribution is 0.220. The van der Waals surface area contributed by atoms with Gasteiger partial charge in [-0.05, 0) is 36.9 Å². The molecule has 5 heteroatoms. The summed E-state index contributed by atoms with van der Waals surface area (Å²) < 4.78 is 0. The van der Waals surface area contributed by atoms with Crippen molar-refractivity contribution < 1.29 is 0 Å². The van der Waals surface area contributed by atoms with E-state index in [2.05, 4.69) is 42.0 Å². The smallest absolute Gasteiger partial charge is 0.191 e. The predicted octanol–water partition coefficient (Wildman–Crippen LogP) is 3.89. The molecule has 1 aromatic heterocycles. The van der Waals surface area contributed by atoms with Crippen molar-refractivity contribution in [3.8, 4) is 0 Å². The van der Waals surface area contributed by atoms with Gasteiger partial charge >= 0.3 is 0 Å². The number of rotatable bonds is 3. The van der Waals surface area contributed by atoms with Crippen molar-refractivity contribution in [2.75, 3.05) is 36.6 Å². The van der Waals surface area contributed by atoms with Crippen LogP contribution in [0.4, 0.5) is 11.6 Å². The van der Waals surface area contributed by atoms with E-state index in [-0.39, 0.29) is 0 Å². The summed E-state index contributed by atoms with van der Waals surface area (Å²) >= 11 is 1.60. The molecule has 1 aliphatic heterocycles. The van der Waals surface area contributed by atoms with Gasteiger partial charge in [0, 0.05) is 26.2 Å². The minimum absolute atomic E-state index is 0.405. The summed E-state index contributed by atoms with van der Waals surface area (Å²) in [4.78, 5) is 11.6. The largest absolute Gasteiger partial charge is 0.373 e. The molecule has 0 radical (unpaired) electrons. The van der Waals surface area contributed by atoms with Crippen molar-refractivity contribution in [2.24, 2.45) is 11.3 Å². The van der Waals surface area contributed by atoms with Crippen LogP contribution in [0.5, 0.6) is 0 Å². The molecule has 118 valence electrons. The third kappa shape index (κ3) is 4.25. The normalized spacial score (nSPS) is 20.2. The second-order valence-corrected chi connectivity index (χ2v) is 7.60. The van der Waals surface area contributed by atoms with Gasteiger partial charge in [0.1, 0.15) is 11.6 Å². The predicted molar refractivity (Wildman–Crippen MR) is 92.4 cm³/mol. The van der Waals surface area contributed by atoms with Crippen LogP contribution in [0, 0.1) is 11.3 Å². The summed E-state index contributed by atoms with van der Waals surface area (Å²) in [6.45, 7) is 9.28. The molecular weight excluding hydrogens is 280 g/mol. The van der Waals surface area contributed by atoms with Crippen LogP contribution in [0.2, 0.25) is 0 Å². The van der Waals surface area contributed by atoms with Crippen molar-refractivity contribution in [3.05, 3.63) is 6.07 Å². The Labute approximate surface area is 133 Å². The molecule has 1 aliphatic rings. The molecule has 21 heavy (non-hydrogen) atoms. The van der Waals surface area contributed by atoms with E-state index in [9.17, 15) is 0 Å². The van der Waals surface area contributed by atoms with Gasteiger partial charge in [-0.25, -0.2) is 9.97 Å². The maximum atomic E-state index is 4.69. The average molecular weight is 308 g/mol. The Kier molecular flexibility index (Phi) is 5.36. The third-order valence-corrected chi connectivity index (χ3v) is 4.96. The van der Waals surface area contributed by atoms with Gasteiger partial charge in [-0.1, -0.05) is 32.5 Å². The Morgan fingerprint density at radius 3 is 2.62 bits per heavy atom. The molecule has 1 N–H and O–H groups in total. The van der Waals surface area contributed by atoms with Gasteiger partial charge in [-0.2, -0.15) is 0 Å². The topological polar surface area (TPSA) is 41.0 Å². The summed E-state index contributed by atoms with van der Waals surface area (Å²) in [5, 5.41) is 3.98. The van der Waals surface area contributed by atoms with E-state index in [0.29, 0.717) is 5.41 Å². The summed E-state index contributed by atoms with van der Waals surface area (Å²) in [6, 6.07) is 2.07. The van der Waals surface area contributed by atoms with E-state index in [1.165, 1.54) is 19.3 Å². The zero-order valence-electron chi connectivity index (χ0n) is 13.9. The first-order valence-electron chi connectivity index (χ1n) is 7.80. The Morgan fingerprint density at radius 1 is 1.24 bits per heavy atom. The van der Waals surface area contributed by atoms with E-state index in [1.807, 2.05) is 13.3 Å². The van der Waals surface area contributed by atoms with Crippen LogP contribution in [0.25, 0.3) is 0 Å². The SMILES string of the molecule is CNc1cc(N2CCCC(C(C)(C)C)CC2)nc(SC)n1. The van der Waals surface area contributed by atoms with Gasteiger partial charge in [0.25, 0.3) is 0 Å². The van der Waals surface area contributed by atoms with Gasteiger partial charge in [0.15, 0.2) is 5.16 Å². The summed E-state index contributed by atoms with van der Waals surface area (Å²) in [5.74, 6) is 2.77. The first-order chi connectivity index (χ1) is 9.94. The van der Waals surface area contributed by atoms with Crippen molar-refractivity contribution in [2.45, 2.75) is 45.2 Å². The van der Waals surface area contributed by atoms with E-state index in [1.54, 1.807) is 11.8 Å². The van der Waals surface area contributed by atoms with Crippen LogP contribution in [0.3, 0.4) is 0 Å². The highest BCUT2D eigenvalue weighted by Gasteiger charge is 2.27. The Balaban J connectivity index is 2.15. The zero-order chi connectivity index (χ0) is 15.5. The maximum Gasteiger partial charge on any atom is 0.191 e. The van der Waals surface area contributed by atoms with E-state index in [0.717, 1.165) is 35.8 Å². The van der Waals surface area contributed by atoms with E-state index < -0.39 is 0 Å². The number of nitrogens with one attached hydrogen (secondary N) is 1. The molecule has 1 fully saturated rings. The first-order valence-corrected chi connectivity index (χ1v) is 9.02. The van der Waals surface area contributed by atoms with Crippen LogP contribution in [-0.4, -0.2) is 36.4 Å². The molecule has 0 amide bonds.